The topological polar surface area (TPSA) is 12.0 Å². The van der Waals surface area contributed by atoms with Gasteiger partial charge in [-0.25, -0.2) is 0 Å². The maximum Gasteiger partial charge on any atom is 0.0211 e. The molecule has 1 nitrogen and oxygen atoms in total. The Hall–Kier alpha value is -1.60. The van der Waals surface area contributed by atoms with Crippen LogP contribution in [0.3, 0.4) is 0 Å². The van der Waals surface area contributed by atoms with Crippen LogP contribution in [-0.2, 0) is 13.1 Å². The molecule has 0 aromatic heterocycles. The summed E-state index contributed by atoms with van der Waals surface area (Å²) in [5.41, 5.74) is 5.68. The van der Waals surface area contributed by atoms with E-state index >= 15 is 0 Å². The highest BCUT2D eigenvalue weighted by Gasteiger charge is 2.23. The van der Waals surface area contributed by atoms with Gasteiger partial charge in [-0.2, -0.15) is 0 Å². The molecule has 0 amide bonds. The molecule has 0 radical (unpaired) electrons. The van der Waals surface area contributed by atoms with Crippen LogP contribution in [0, 0.1) is 6.92 Å². The minimum absolute atomic E-state index is 0.844. The summed E-state index contributed by atoms with van der Waals surface area (Å²) in [6.45, 7) is 4.07. The van der Waals surface area contributed by atoms with E-state index < -0.39 is 0 Å². The van der Waals surface area contributed by atoms with Crippen LogP contribution in [0.2, 0.25) is 0 Å². The fourth-order valence-electron chi connectivity index (χ4n) is 2.52. The van der Waals surface area contributed by atoms with Crippen molar-refractivity contribution in [2.24, 2.45) is 0 Å². The SMILES string of the molecule is Cc1ccccc1CNCc1cccc(C2CC2)c1. The molecule has 0 heterocycles. The van der Waals surface area contributed by atoms with Crippen LogP contribution in [0.5, 0.6) is 0 Å². The van der Waals surface area contributed by atoms with E-state index in [-0.39, 0.29) is 0 Å². The van der Waals surface area contributed by atoms with Gasteiger partial charge in [-0.1, -0.05) is 48.5 Å². The van der Waals surface area contributed by atoms with Gasteiger partial charge in [0.25, 0.3) is 0 Å². The Labute approximate surface area is 115 Å². The van der Waals surface area contributed by atoms with Gasteiger partial charge in [0, 0.05) is 13.1 Å². The minimum atomic E-state index is 0.844. The number of hydrogen-bond acceptors (Lipinski definition) is 1. The standard InChI is InChI=1S/C18H21N/c1-14-5-2-3-7-18(14)13-19-12-15-6-4-8-17(11-15)16-9-10-16/h2-8,11,16,19H,9-10,12-13H2,1H3. The summed E-state index contributed by atoms with van der Waals surface area (Å²) in [4.78, 5) is 0. The van der Waals surface area contributed by atoms with Crippen LogP contribution in [0.4, 0.5) is 0 Å². The summed E-state index contributed by atoms with van der Waals surface area (Å²) in [5, 5.41) is 3.55. The molecule has 98 valence electrons. The second-order valence-electron chi connectivity index (χ2n) is 5.55. The van der Waals surface area contributed by atoms with Gasteiger partial charge in [0.15, 0.2) is 0 Å². The molecule has 1 fully saturated rings. The second kappa shape index (κ2) is 5.58. The molecule has 0 saturated heterocycles. The van der Waals surface area contributed by atoms with E-state index in [1.54, 1.807) is 0 Å². The third-order valence-electron chi connectivity index (χ3n) is 3.91. The van der Waals surface area contributed by atoms with E-state index in [9.17, 15) is 0 Å². The highest BCUT2D eigenvalue weighted by atomic mass is 14.8. The first-order valence-electron chi connectivity index (χ1n) is 7.17. The van der Waals surface area contributed by atoms with E-state index in [1.165, 1.54) is 35.1 Å². The normalized spacial score (nSPS) is 14.6. The van der Waals surface area contributed by atoms with E-state index in [2.05, 4.69) is 60.8 Å². The fraction of sp³-hybridized carbons (Fsp3) is 0.333. The smallest absolute Gasteiger partial charge is 0.0211 e. The van der Waals surface area contributed by atoms with E-state index in [0.29, 0.717) is 0 Å². The molecule has 1 aliphatic carbocycles. The molecule has 0 unspecified atom stereocenters. The van der Waals surface area contributed by atoms with Crippen LogP contribution in [0.25, 0.3) is 0 Å². The predicted octanol–water partition coefficient (Wildman–Crippen LogP) is 4.16. The molecular weight excluding hydrogens is 230 g/mol. The quantitative estimate of drug-likeness (QED) is 0.841. The lowest BCUT2D eigenvalue weighted by molar-refractivity contribution is 0.690. The first-order valence-corrected chi connectivity index (χ1v) is 7.17. The monoisotopic (exact) mass is 251 g/mol. The Kier molecular flexibility index (Phi) is 3.65. The lowest BCUT2D eigenvalue weighted by Gasteiger charge is -2.08. The summed E-state index contributed by atoms with van der Waals surface area (Å²) in [6.07, 6.45) is 2.75. The van der Waals surface area contributed by atoms with Gasteiger partial charge in [-0.05, 0) is 47.9 Å². The third kappa shape index (κ3) is 3.24. The van der Waals surface area contributed by atoms with Gasteiger partial charge in [0.2, 0.25) is 0 Å². The number of benzene rings is 2. The highest BCUT2D eigenvalue weighted by molar-refractivity contribution is 5.29. The molecule has 1 N–H and O–H groups in total. The molecule has 2 aromatic carbocycles. The molecule has 3 rings (SSSR count). The summed E-state index contributed by atoms with van der Waals surface area (Å²) < 4.78 is 0. The van der Waals surface area contributed by atoms with Gasteiger partial charge >= 0.3 is 0 Å². The van der Waals surface area contributed by atoms with E-state index in [4.69, 9.17) is 0 Å². The van der Waals surface area contributed by atoms with E-state index in [1.807, 2.05) is 0 Å². The Morgan fingerprint density at radius 1 is 1.00 bits per heavy atom. The zero-order valence-electron chi connectivity index (χ0n) is 11.5. The molecular formula is C18H21N. The van der Waals surface area contributed by atoms with Crippen molar-refractivity contribution >= 4 is 0 Å². The molecule has 0 bridgehead atoms. The summed E-state index contributed by atoms with van der Waals surface area (Å²) >= 11 is 0. The van der Waals surface area contributed by atoms with Crippen LogP contribution in [-0.4, -0.2) is 0 Å². The first-order chi connectivity index (χ1) is 9.33. The number of hydrogen-bond donors (Lipinski definition) is 1. The summed E-state index contributed by atoms with van der Waals surface area (Å²) in [7, 11) is 0. The van der Waals surface area contributed by atoms with Gasteiger partial charge in [0.05, 0.1) is 0 Å². The van der Waals surface area contributed by atoms with Crippen LogP contribution < -0.4 is 5.32 Å². The average molecular weight is 251 g/mol. The van der Waals surface area contributed by atoms with Crippen molar-refractivity contribution in [1.82, 2.24) is 5.32 Å². The minimum Gasteiger partial charge on any atom is -0.309 e. The van der Waals surface area contributed by atoms with Crippen molar-refractivity contribution in [3.63, 3.8) is 0 Å². The van der Waals surface area contributed by atoms with Crippen molar-refractivity contribution in [2.75, 3.05) is 0 Å². The molecule has 0 spiro atoms. The predicted molar refractivity (Wildman–Crippen MR) is 80.1 cm³/mol. The van der Waals surface area contributed by atoms with E-state index in [0.717, 1.165) is 19.0 Å². The Morgan fingerprint density at radius 3 is 2.63 bits per heavy atom. The third-order valence-corrected chi connectivity index (χ3v) is 3.91. The van der Waals surface area contributed by atoms with Crippen molar-refractivity contribution in [1.29, 1.82) is 0 Å². The number of nitrogens with one attached hydrogen (secondary N) is 1. The van der Waals surface area contributed by atoms with Crippen LogP contribution in [0.1, 0.15) is 41.0 Å². The van der Waals surface area contributed by atoms with Gasteiger partial charge in [0.1, 0.15) is 0 Å². The molecule has 0 aliphatic heterocycles. The average Bonchev–Trinajstić information content (AvgIpc) is 3.26. The number of rotatable bonds is 5. The molecule has 1 saturated carbocycles. The first kappa shape index (κ1) is 12.4. The largest absolute Gasteiger partial charge is 0.309 e. The zero-order chi connectivity index (χ0) is 13.1. The summed E-state index contributed by atoms with van der Waals surface area (Å²) in [5.74, 6) is 0.844. The second-order valence-corrected chi connectivity index (χ2v) is 5.55. The number of aryl methyl sites for hydroxylation is 1. The van der Waals surface area contributed by atoms with Crippen molar-refractivity contribution < 1.29 is 0 Å². The summed E-state index contributed by atoms with van der Waals surface area (Å²) in [6, 6.07) is 17.6. The van der Waals surface area contributed by atoms with Crippen LogP contribution >= 0.6 is 0 Å². The van der Waals surface area contributed by atoms with Crippen molar-refractivity contribution in [3.05, 3.63) is 70.8 Å². The molecule has 0 atom stereocenters. The lowest BCUT2D eigenvalue weighted by atomic mass is 10.1. The van der Waals surface area contributed by atoms with Crippen molar-refractivity contribution in [3.8, 4) is 0 Å². The molecule has 1 aliphatic rings. The molecule has 1 heteroatoms. The Bertz CT molecular complexity index is 555. The van der Waals surface area contributed by atoms with Crippen molar-refractivity contribution in [2.45, 2.75) is 38.8 Å². The Balaban J connectivity index is 1.57. The Morgan fingerprint density at radius 2 is 1.84 bits per heavy atom. The molecule has 19 heavy (non-hydrogen) atoms. The van der Waals surface area contributed by atoms with Crippen LogP contribution in [0.15, 0.2) is 48.5 Å². The lowest BCUT2D eigenvalue weighted by Crippen LogP contribution is -2.13. The zero-order valence-corrected chi connectivity index (χ0v) is 11.5. The van der Waals surface area contributed by atoms with Gasteiger partial charge < -0.3 is 5.32 Å². The molecule has 2 aromatic rings. The maximum atomic E-state index is 3.55. The highest BCUT2D eigenvalue weighted by Crippen LogP contribution is 2.40. The van der Waals surface area contributed by atoms with Gasteiger partial charge in [-0.3, -0.25) is 0 Å². The van der Waals surface area contributed by atoms with Gasteiger partial charge in [-0.15, -0.1) is 0 Å². The fourth-order valence-corrected chi connectivity index (χ4v) is 2.52. The maximum absolute atomic E-state index is 3.55.